The lowest BCUT2D eigenvalue weighted by molar-refractivity contribution is 0.100. The average Bonchev–Trinajstić information content (AvgIpc) is 2.75. The van der Waals surface area contributed by atoms with Crippen LogP contribution in [0.4, 0.5) is 5.69 Å². The summed E-state index contributed by atoms with van der Waals surface area (Å²) in [4.78, 5) is 11.4. The standard InChI is InChI=1S/C15H20N4O3S/c1-5-19-11(4)14(10(3)17-19)23(21,22)18-13-8-12(15(16)20)7-6-9(13)2/h6-8,18H,5H2,1-4H3,(H2,16,20). The molecule has 1 amide bonds. The van der Waals surface area contributed by atoms with Gasteiger partial charge in [-0.1, -0.05) is 6.07 Å². The molecule has 0 atom stereocenters. The third-order valence-corrected chi connectivity index (χ3v) is 5.27. The minimum Gasteiger partial charge on any atom is -0.366 e. The number of benzene rings is 1. The Morgan fingerprint density at radius 3 is 2.48 bits per heavy atom. The summed E-state index contributed by atoms with van der Waals surface area (Å²) in [5.41, 5.74) is 7.51. The van der Waals surface area contributed by atoms with E-state index in [2.05, 4.69) is 9.82 Å². The first-order valence-electron chi connectivity index (χ1n) is 7.14. The topological polar surface area (TPSA) is 107 Å². The van der Waals surface area contributed by atoms with Crippen LogP contribution >= 0.6 is 0 Å². The number of rotatable bonds is 5. The number of aromatic nitrogens is 2. The second-order valence-corrected chi connectivity index (χ2v) is 6.93. The zero-order valence-electron chi connectivity index (χ0n) is 13.5. The quantitative estimate of drug-likeness (QED) is 0.867. The van der Waals surface area contributed by atoms with Gasteiger partial charge in [-0.15, -0.1) is 0 Å². The zero-order chi connectivity index (χ0) is 17.4. The molecular weight excluding hydrogens is 316 g/mol. The average molecular weight is 336 g/mol. The van der Waals surface area contributed by atoms with E-state index < -0.39 is 15.9 Å². The van der Waals surface area contributed by atoms with E-state index in [1.807, 2.05) is 6.92 Å². The molecule has 0 unspecified atom stereocenters. The molecule has 7 nitrogen and oxygen atoms in total. The predicted molar refractivity (Wildman–Crippen MR) is 87.9 cm³/mol. The van der Waals surface area contributed by atoms with Crippen molar-refractivity contribution in [2.24, 2.45) is 5.73 Å². The van der Waals surface area contributed by atoms with Gasteiger partial charge in [0, 0.05) is 12.1 Å². The highest BCUT2D eigenvalue weighted by atomic mass is 32.2. The van der Waals surface area contributed by atoms with E-state index in [4.69, 9.17) is 5.73 Å². The second kappa shape index (κ2) is 6.04. The normalized spacial score (nSPS) is 11.5. The number of nitrogens with zero attached hydrogens (tertiary/aromatic N) is 2. The summed E-state index contributed by atoms with van der Waals surface area (Å²) in [7, 11) is -3.81. The molecule has 0 aliphatic heterocycles. The summed E-state index contributed by atoms with van der Waals surface area (Å²) in [6.07, 6.45) is 0. The largest absolute Gasteiger partial charge is 0.366 e. The van der Waals surface area contributed by atoms with E-state index in [1.165, 1.54) is 6.07 Å². The lowest BCUT2D eigenvalue weighted by Crippen LogP contribution is -2.17. The molecule has 2 aromatic rings. The van der Waals surface area contributed by atoms with Gasteiger partial charge in [0.25, 0.3) is 10.0 Å². The smallest absolute Gasteiger partial charge is 0.265 e. The van der Waals surface area contributed by atoms with Gasteiger partial charge in [0.2, 0.25) is 5.91 Å². The lowest BCUT2D eigenvalue weighted by Gasteiger charge is -2.12. The number of primary amides is 1. The lowest BCUT2D eigenvalue weighted by atomic mass is 10.1. The molecule has 0 saturated carbocycles. The molecule has 1 heterocycles. The van der Waals surface area contributed by atoms with Crippen molar-refractivity contribution in [1.82, 2.24) is 9.78 Å². The van der Waals surface area contributed by atoms with E-state index in [-0.39, 0.29) is 10.5 Å². The van der Waals surface area contributed by atoms with Crippen LogP contribution in [0.5, 0.6) is 0 Å². The molecule has 0 radical (unpaired) electrons. The van der Waals surface area contributed by atoms with E-state index in [0.717, 1.165) is 0 Å². The fourth-order valence-corrected chi connectivity index (χ4v) is 3.99. The van der Waals surface area contributed by atoms with Gasteiger partial charge in [-0.25, -0.2) is 8.42 Å². The SMILES string of the molecule is CCn1nc(C)c(S(=O)(=O)Nc2cc(C(N)=O)ccc2C)c1C. The number of nitrogens with one attached hydrogen (secondary N) is 1. The molecule has 2 rings (SSSR count). The summed E-state index contributed by atoms with van der Waals surface area (Å²) in [5, 5.41) is 4.23. The molecule has 0 aliphatic rings. The number of nitrogens with two attached hydrogens (primary N) is 1. The van der Waals surface area contributed by atoms with Crippen molar-refractivity contribution in [3.63, 3.8) is 0 Å². The first kappa shape index (κ1) is 17.0. The van der Waals surface area contributed by atoms with Gasteiger partial charge >= 0.3 is 0 Å². The van der Waals surface area contributed by atoms with Gasteiger partial charge in [0.05, 0.1) is 17.1 Å². The molecule has 124 valence electrons. The molecule has 8 heteroatoms. The number of hydrogen-bond acceptors (Lipinski definition) is 4. The summed E-state index contributed by atoms with van der Waals surface area (Å²) < 4.78 is 29.6. The van der Waals surface area contributed by atoms with E-state index in [9.17, 15) is 13.2 Å². The molecule has 0 aliphatic carbocycles. The molecule has 0 fully saturated rings. The van der Waals surface area contributed by atoms with Gasteiger partial charge in [-0.3, -0.25) is 14.2 Å². The Morgan fingerprint density at radius 1 is 1.30 bits per heavy atom. The summed E-state index contributed by atoms with van der Waals surface area (Å²) in [6, 6.07) is 4.64. The van der Waals surface area contributed by atoms with Crippen LogP contribution in [0, 0.1) is 20.8 Å². The maximum atomic E-state index is 12.7. The van der Waals surface area contributed by atoms with E-state index in [1.54, 1.807) is 37.6 Å². The first-order valence-corrected chi connectivity index (χ1v) is 8.63. The fourth-order valence-electron chi connectivity index (χ4n) is 2.46. The molecular formula is C15H20N4O3S. The number of anilines is 1. The van der Waals surface area contributed by atoms with Gasteiger partial charge in [-0.2, -0.15) is 5.10 Å². The first-order chi connectivity index (χ1) is 10.7. The fraction of sp³-hybridized carbons (Fsp3) is 0.333. The summed E-state index contributed by atoms with van der Waals surface area (Å²) in [6.45, 7) is 7.59. The zero-order valence-corrected chi connectivity index (χ0v) is 14.4. The van der Waals surface area contributed by atoms with Crippen molar-refractivity contribution in [2.45, 2.75) is 39.1 Å². The third-order valence-electron chi connectivity index (χ3n) is 3.65. The number of carbonyl (C=O) groups is 1. The maximum Gasteiger partial charge on any atom is 0.265 e. The van der Waals surface area contributed by atoms with Gasteiger partial charge in [0.1, 0.15) is 4.90 Å². The minimum atomic E-state index is -3.81. The van der Waals surface area contributed by atoms with Crippen LogP contribution in [0.3, 0.4) is 0 Å². The number of carbonyl (C=O) groups excluding carboxylic acids is 1. The highest BCUT2D eigenvalue weighted by Crippen LogP contribution is 2.25. The van der Waals surface area contributed by atoms with Gasteiger partial charge < -0.3 is 5.73 Å². The van der Waals surface area contributed by atoms with Crippen LogP contribution < -0.4 is 10.5 Å². The van der Waals surface area contributed by atoms with Crippen molar-refractivity contribution in [1.29, 1.82) is 0 Å². The Hall–Kier alpha value is -2.35. The van der Waals surface area contributed by atoms with Crippen molar-refractivity contribution < 1.29 is 13.2 Å². The highest BCUT2D eigenvalue weighted by Gasteiger charge is 2.25. The van der Waals surface area contributed by atoms with E-state index in [0.29, 0.717) is 29.2 Å². The van der Waals surface area contributed by atoms with Crippen LogP contribution in [0.25, 0.3) is 0 Å². The van der Waals surface area contributed by atoms with Gasteiger partial charge in [0.15, 0.2) is 0 Å². The molecule has 0 bridgehead atoms. The number of amides is 1. The number of hydrogen-bond donors (Lipinski definition) is 2. The highest BCUT2D eigenvalue weighted by molar-refractivity contribution is 7.92. The second-order valence-electron chi connectivity index (χ2n) is 5.32. The molecule has 0 spiro atoms. The Morgan fingerprint density at radius 2 is 1.96 bits per heavy atom. The summed E-state index contributed by atoms with van der Waals surface area (Å²) >= 11 is 0. The monoisotopic (exact) mass is 336 g/mol. The molecule has 3 N–H and O–H groups in total. The predicted octanol–water partition coefficient (Wildman–Crippen LogP) is 1.73. The van der Waals surface area contributed by atoms with Crippen molar-refractivity contribution in [2.75, 3.05) is 4.72 Å². The number of aryl methyl sites for hydroxylation is 3. The Balaban J connectivity index is 2.49. The molecule has 23 heavy (non-hydrogen) atoms. The molecule has 0 saturated heterocycles. The minimum absolute atomic E-state index is 0.156. The van der Waals surface area contributed by atoms with Crippen LogP contribution in [0.15, 0.2) is 23.1 Å². The van der Waals surface area contributed by atoms with Gasteiger partial charge in [-0.05, 0) is 45.4 Å². The Kier molecular flexibility index (Phi) is 4.46. The van der Waals surface area contributed by atoms with Crippen LogP contribution in [0.2, 0.25) is 0 Å². The van der Waals surface area contributed by atoms with Crippen molar-refractivity contribution in [3.8, 4) is 0 Å². The Bertz CT molecular complexity index is 869. The van der Waals surface area contributed by atoms with Crippen LogP contribution in [-0.4, -0.2) is 24.1 Å². The summed E-state index contributed by atoms with van der Waals surface area (Å²) in [5.74, 6) is -0.614. The maximum absolute atomic E-state index is 12.7. The van der Waals surface area contributed by atoms with E-state index >= 15 is 0 Å². The van der Waals surface area contributed by atoms with Crippen molar-refractivity contribution >= 4 is 21.6 Å². The van der Waals surface area contributed by atoms with Crippen LogP contribution in [0.1, 0.15) is 34.2 Å². The molecule has 1 aromatic carbocycles. The van der Waals surface area contributed by atoms with Crippen molar-refractivity contribution in [3.05, 3.63) is 40.7 Å². The Labute approximate surface area is 135 Å². The third kappa shape index (κ3) is 3.21. The number of sulfonamides is 1. The molecule has 1 aromatic heterocycles. The van der Waals surface area contributed by atoms with Crippen LogP contribution in [-0.2, 0) is 16.6 Å².